The number of hydrogen-bond acceptors (Lipinski definition) is 5. The maximum Gasteiger partial charge on any atom is 0.254 e. The van der Waals surface area contributed by atoms with Crippen LogP contribution < -0.4 is 5.32 Å². The molecule has 1 amide bonds. The highest BCUT2D eigenvalue weighted by Gasteiger charge is 2.22. The summed E-state index contributed by atoms with van der Waals surface area (Å²) in [6.45, 7) is 6.32. The minimum atomic E-state index is -0.263. The van der Waals surface area contributed by atoms with Gasteiger partial charge in [-0.25, -0.2) is 9.37 Å². The van der Waals surface area contributed by atoms with Gasteiger partial charge in [0.1, 0.15) is 16.6 Å². The molecule has 0 fully saturated rings. The number of rotatable bonds is 10. The Balaban J connectivity index is 1.68. The molecule has 0 saturated heterocycles. The van der Waals surface area contributed by atoms with E-state index in [4.69, 9.17) is 4.42 Å². The van der Waals surface area contributed by atoms with Crippen molar-refractivity contribution in [2.24, 2.45) is 0 Å². The van der Waals surface area contributed by atoms with Crippen molar-refractivity contribution in [3.05, 3.63) is 83.7 Å². The lowest BCUT2D eigenvalue weighted by Crippen LogP contribution is -2.38. The summed E-state index contributed by atoms with van der Waals surface area (Å²) in [6.07, 6.45) is 3.32. The summed E-state index contributed by atoms with van der Waals surface area (Å²) >= 11 is 1.46. The molecule has 0 saturated carbocycles. The number of hydrogen-bond donors (Lipinski definition) is 1. The highest BCUT2D eigenvalue weighted by molar-refractivity contribution is 7.98. The molecule has 0 bridgehead atoms. The van der Waals surface area contributed by atoms with E-state index in [0.717, 1.165) is 24.4 Å². The molecule has 1 aromatic carbocycles. The Morgan fingerprint density at radius 1 is 1.17 bits per heavy atom. The monoisotopic (exact) mass is 427 g/mol. The zero-order chi connectivity index (χ0) is 21.3. The number of likely N-dealkylation sites (N-methyl/N-ethyl adjacent to an activating group) is 1. The number of thioether (sulfide) groups is 1. The molecule has 0 aliphatic carbocycles. The second-order valence-electron chi connectivity index (χ2n) is 6.73. The molecule has 3 rings (SSSR count). The number of aromatic nitrogens is 1. The van der Waals surface area contributed by atoms with Crippen LogP contribution in [0.25, 0.3) is 0 Å². The SMILES string of the molecule is CCN(CC)C(CNC(=O)c1cccnc1SCc1ccc(F)cc1)c1ccco1. The third kappa shape index (κ3) is 5.70. The molecule has 158 valence electrons. The lowest BCUT2D eigenvalue weighted by Gasteiger charge is -2.28. The lowest BCUT2D eigenvalue weighted by molar-refractivity contribution is 0.0926. The first-order valence-corrected chi connectivity index (χ1v) is 11.0. The summed E-state index contributed by atoms with van der Waals surface area (Å²) in [5.41, 5.74) is 1.50. The Morgan fingerprint density at radius 3 is 2.60 bits per heavy atom. The van der Waals surface area contributed by atoms with Gasteiger partial charge in [-0.15, -0.1) is 11.8 Å². The van der Waals surface area contributed by atoms with E-state index >= 15 is 0 Å². The predicted molar refractivity (Wildman–Crippen MR) is 117 cm³/mol. The van der Waals surface area contributed by atoms with E-state index in [2.05, 4.69) is 29.0 Å². The molecule has 0 aliphatic rings. The van der Waals surface area contributed by atoms with E-state index in [0.29, 0.717) is 22.9 Å². The molecule has 7 heteroatoms. The maximum absolute atomic E-state index is 13.1. The van der Waals surface area contributed by atoms with E-state index in [9.17, 15) is 9.18 Å². The van der Waals surface area contributed by atoms with Crippen LogP contribution in [0.1, 0.15) is 41.6 Å². The Hall–Kier alpha value is -2.64. The van der Waals surface area contributed by atoms with Gasteiger partial charge in [0.15, 0.2) is 0 Å². The number of benzene rings is 1. The van der Waals surface area contributed by atoms with E-state index in [1.165, 1.54) is 23.9 Å². The number of carbonyl (C=O) groups excluding carboxylic acids is 1. The van der Waals surface area contributed by atoms with Crippen molar-refractivity contribution in [1.82, 2.24) is 15.2 Å². The molecule has 1 atom stereocenters. The van der Waals surface area contributed by atoms with Gasteiger partial charge in [0.05, 0.1) is 17.9 Å². The second-order valence-corrected chi connectivity index (χ2v) is 7.70. The smallest absolute Gasteiger partial charge is 0.254 e. The highest BCUT2D eigenvalue weighted by Crippen LogP contribution is 2.25. The summed E-state index contributed by atoms with van der Waals surface area (Å²) in [7, 11) is 0. The van der Waals surface area contributed by atoms with Gasteiger partial charge in [0, 0.05) is 18.5 Å². The Kier molecular flexibility index (Phi) is 8.04. The Labute approximate surface area is 180 Å². The molecule has 0 aliphatic heterocycles. The second kappa shape index (κ2) is 10.9. The first-order chi connectivity index (χ1) is 14.6. The summed E-state index contributed by atoms with van der Waals surface area (Å²) in [5, 5.41) is 3.69. The van der Waals surface area contributed by atoms with Crippen molar-refractivity contribution >= 4 is 17.7 Å². The van der Waals surface area contributed by atoms with E-state index in [-0.39, 0.29) is 17.8 Å². The number of carbonyl (C=O) groups is 1. The molecule has 1 N–H and O–H groups in total. The van der Waals surface area contributed by atoms with Gasteiger partial charge in [-0.05, 0) is 55.1 Å². The summed E-state index contributed by atoms with van der Waals surface area (Å²) in [4.78, 5) is 19.6. The first kappa shape index (κ1) is 22.1. The third-order valence-corrected chi connectivity index (χ3v) is 5.96. The van der Waals surface area contributed by atoms with Crippen molar-refractivity contribution in [3.8, 4) is 0 Å². The van der Waals surface area contributed by atoms with Crippen LogP contribution in [0, 0.1) is 5.82 Å². The Morgan fingerprint density at radius 2 is 1.93 bits per heavy atom. The average Bonchev–Trinajstić information content (AvgIpc) is 3.31. The van der Waals surface area contributed by atoms with Crippen LogP contribution in [-0.2, 0) is 5.75 Å². The average molecular weight is 428 g/mol. The minimum Gasteiger partial charge on any atom is -0.468 e. The van der Waals surface area contributed by atoms with Crippen molar-refractivity contribution in [2.75, 3.05) is 19.6 Å². The summed E-state index contributed by atoms with van der Waals surface area (Å²) in [5.74, 6) is 0.997. The first-order valence-electron chi connectivity index (χ1n) is 10.00. The molecule has 2 aromatic heterocycles. The molecule has 3 aromatic rings. The van der Waals surface area contributed by atoms with E-state index in [1.54, 1.807) is 36.7 Å². The van der Waals surface area contributed by atoms with E-state index < -0.39 is 0 Å². The van der Waals surface area contributed by atoms with Crippen molar-refractivity contribution in [3.63, 3.8) is 0 Å². The van der Waals surface area contributed by atoms with Gasteiger partial charge in [-0.2, -0.15) is 0 Å². The molecule has 2 heterocycles. The fourth-order valence-corrected chi connectivity index (χ4v) is 4.20. The quantitative estimate of drug-likeness (QED) is 0.466. The maximum atomic E-state index is 13.1. The molecule has 1 unspecified atom stereocenters. The van der Waals surface area contributed by atoms with Gasteiger partial charge < -0.3 is 9.73 Å². The number of furan rings is 1. The zero-order valence-corrected chi connectivity index (χ0v) is 18.0. The molecular weight excluding hydrogens is 401 g/mol. The molecule has 0 radical (unpaired) electrons. The van der Waals surface area contributed by atoms with Gasteiger partial charge >= 0.3 is 0 Å². The molecule has 0 spiro atoms. The largest absolute Gasteiger partial charge is 0.468 e. The van der Waals surface area contributed by atoms with Crippen LogP contribution >= 0.6 is 11.8 Å². The zero-order valence-electron chi connectivity index (χ0n) is 17.2. The van der Waals surface area contributed by atoms with Crippen LogP contribution in [0.4, 0.5) is 4.39 Å². The standard InChI is InChI=1S/C23H26FN3O2S/c1-3-27(4-2)20(21-8-6-14-29-21)15-26-22(28)19-7-5-13-25-23(19)30-16-17-9-11-18(24)12-10-17/h5-14,20H,3-4,15-16H2,1-2H3,(H,26,28). The highest BCUT2D eigenvalue weighted by atomic mass is 32.2. The molecular formula is C23H26FN3O2S. The van der Waals surface area contributed by atoms with Gasteiger partial charge in [-0.1, -0.05) is 26.0 Å². The van der Waals surface area contributed by atoms with Crippen molar-refractivity contribution in [1.29, 1.82) is 0 Å². The normalized spacial score (nSPS) is 12.1. The Bertz CT molecular complexity index is 928. The number of pyridine rings is 1. The molecule has 30 heavy (non-hydrogen) atoms. The number of amides is 1. The molecule has 5 nitrogen and oxygen atoms in total. The number of nitrogens with zero attached hydrogens (tertiary/aromatic N) is 2. The van der Waals surface area contributed by atoms with Crippen LogP contribution in [0.15, 0.2) is 70.4 Å². The predicted octanol–water partition coefficient (Wildman–Crippen LogP) is 4.92. The van der Waals surface area contributed by atoms with E-state index in [1.807, 2.05) is 12.1 Å². The topological polar surface area (TPSA) is 58.4 Å². The van der Waals surface area contributed by atoms with Crippen LogP contribution in [0.2, 0.25) is 0 Å². The van der Waals surface area contributed by atoms with Crippen LogP contribution in [0.3, 0.4) is 0 Å². The van der Waals surface area contributed by atoms with Gasteiger partial charge in [0.2, 0.25) is 0 Å². The van der Waals surface area contributed by atoms with Gasteiger partial charge in [-0.3, -0.25) is 9.69 Å². The van der Waals surface area contributed by atoms with Crippen LogP contribution in [-0.4, -0.2) is 35.4 Å². The fourth-order valence-electron chi connectivity index (χ4n) is 3.25. The fraction of sp³-hybridized carbons (Fsp3) is 0.304. The summed E-state index contributed by atoms with van der Waals surface area (Å²) in [6, 6.07) is 13.6. The summed E-state index contributed by atoms with van der Waals surface area (Å²) < 4.78 is 18.7. The van der Waals surface area contributed by atoms with Crippen molar-refractivity contribution < 1.29 is 13.6 Å². The van der Waals surface area contributed by atoms with Crippen LogP contribution in [0.5, 0.6) is 0 Å². The lowest BCUT2D eigenvalue weighted by atomic mass is 10.1. The van der Waals surface area contributed by atoms with Crippen molar-refractivity contribution in [2.45, 2.75) is 30.7 Å². The third-order valence-electron chi connectivity index (χ3n) is 4.89. The number of nitrogens with one attached hydrogen (secondary N) is 1. The number of halogens is 1. The van der Waals surface area contributed by atoms with Gasteiger partial charge in [0.25, 0.3) is 5.91 Å². The minimum absolute atomic E-state index is 0.0362.